The number of benzene rings is 1. The van der Waals surface area contributed by atoms with Crippen molar-refractivity contribution >= 4 is 29.1 Å². The average Bonchev–Trinajstić information content (AvgIpc) is 2.46. The molecule has 0 aromatic heterocycles. The molecule has 2 rings (SSSR count). The van der Waals surface area contributed by atoms with Gasteiger partial charge in [0, 0.05) is 42.8 Å². The summed E-state index contributed by atoms with van der Waals surface area (Å²) in [5.41, 5.74) is 1.33. The Kier molecular flexibility index (Phi) is 5.20. The van der Waals surface area contributed by atoms with Gasteiger partial charge < -0.3 is 5.32 Å². The van der Waals surface area contributed by atoms with Gasteiger partial charge in [0.05, 0.1) is 6.04 Å². The van der Waals surface area contributed by atoms with Gasteiger partial charge in [-0.2, -0.15) is 11.8 Å². The van der Waals surface area contributed by atoms with Crippen LogP contribution < -0.4 is 5.32 Å². The molecular formula is C15H20N2O2S. The molecule has 1 heterocycles. The van der Waals surface area contributed by atoms with Gasteiger partial charge in [0.25, 0.3) is 0 Å². The molecule has 1 fully saturated rings. The van der Waals surface area contributed by atoms with Crippen molar-refractivity contribution < 1.29 is 9.59 Å². The van der Waals surface area contributed by atoms with Gasteiger partial charge >= 0.3 is 0 Å². The van der Waals surface area contributed by atoms with Crippen LogP contribution >= 0.6 is 11.8 Å². The summed E-state index contributed by atoms with van der Waals surface area (Å²) < 4.78 is 0. The van der Waals surface area contributed by atoms with Crippen LogP contribution in [-0.4, -0.2) is 47.2 Å². The van der Waals surface area contributed by atoms with E-state index in [9.17, 15) is 9.59 Å². The van der Waals surface area contributed by atoms with Crippen molar-refractivity contribution in [3.8, 4) is 0 Å². The minimum absolute atomic E-state index is 0.108. The predicted octanol–water partition coefficient (Wildman–Crippen LogP) is 2.27. The van der Waals surface area contributed by atoms with E-state index in [0.717, 1.165) is 24.6 Å². The van der Waals surface area contributed by atoms with Crippen LogP contribution in [0.2, 0.25) is 0 Å². The van der Waals surface area contributed by atoms with E-state index in [1.54, 1.807) is 18.2 Å². The van der Waals surface area contributed by atoms with Crippen molar-refractivity contribution in [2.75, 3.05) is 29.9 Å². The number of nitrogens with one attached hydrogen (secondary N) is 1. The summed E-state index contributed by atoms with van der Waals surface area (Å²) in [6.07, 6.45) is 0. The number of amides is 1. The maximum absolute atomic E-state index is 12.5. The standard InChI is InChI=1S/C15H20N2O2S/c1-11(17-6-8-20-9-7-17)15(19)13-4-3-5-14(10-13)16-12(2)18/h3-5,10-11H,6-9H2,1-2H3,(H,16,18). The third-order valence-corrected chi connectivity index (χ3v) is 4.38. The monoisotopic (exact) mass is 292 g/mol. The first-order valence-electron chi connectivity index (χ1n) is 6.81. The maximum Gasteiger partial charge on any atom is 0.221 e. The molecule has 0 bridgehead atoms. The second-order valence-corrected chi connectivity index (χ2v) is 6.18. The molecule has 1 aromatic rings. The summed E-state index contributed by atoms with van der Waals surface area (Å²) in [5.74, 6) is 2.16. The summed E-state index contributed by atoms with van der Waals surface area (Å²) >= 11 is 1.93. The molecule has 0 saturated carbocycles. The first kappa shape index (κ1) is 15.1. The molecule has 0 spiro atoms. The Morgan fingerprint density at radius 2 is 2.00 bits per heavy atom. The number of rotatable bonds is 4. The smallest absolute Gasteiger partial charge is 0.221 e. The maximum atomic E-state index is 12.5. The second-order valence-electron chi connectivity index (χ2n) is 4.95. The van der Waals surface area contributed by atoms with E-state index in [4.69, 9.17) is 0 Å². The third-order valence-electron chi connectivity index (χ3n) is 3.44. The first-order valence-corrected chi connectivity index (χ1v) is 7.97. The van der Waals surface area contributed by atoms with Gasteiger partial charge in [-0.25, -0.2) is 0 Å². The number of nitrogens with zero attached hydrogens (tertiary/aromatic N) is 1. The molecule has 4 nitrogen and oxygen atoms in total. The SMILES string of the molecule is CC(=O)Nc1cccc(C(=O)C(C)N2CCSCC2)c1. The van der Waals surface area contributed by atoms with E-state index in [2.05, 4.69) is 10.2 Å². The molecule has 1 aliphatic rings. The quantitative estimate of drug-likeness (QED) is 0.865. The summed E-state index contributed by atoms with van der Waals surface area (Å²) in [6, 6.07) is 7.04. The van der Waals surface area contributed by atoms with Crippen molar-refractivity contribution in [1.29, 1.82) is 0 Å². The van der Waals surface area contributed by atoms with Crippen LogP contribution in [0, 0.1) is 0 Å². The Bertz CT molecular complexity index is 498. The zero-order valence-corrected chi connectivity index (χ0v) is 12.7. The van der Waals surface area contributed by atoms with Gasteiger partial charge in [-0.05, 0) is 19.1 Å². The van der Waals surface area contributed by atoms with E-state index < -0.39 is 0 Å². The zero-order valence-electron chi connectivity index (χ0n) is 11.9. The molecular weight excluding hydrogens is 272 g/mol. The van der Waals surface area contributed by atoms with Crippen molar-refractivity contribution in [3.05, 3.63) is 29.8 Å². The molecule has 1 amide bonds. The Morgan fingerprint density at radius 1 is 1.30 bits per heavy atom. The first-order chi connectivity index (χ1) is 9.58. The number of anilines is 1. The van der Waals surface area contributed by atoms with Crippen LogP contribution in [0.5, 0.6) is 0 Å². The second kappa shape index (κ2) is 6.90. The Balaban J connectivity index is 2.09. The van der Waals surface area contributed by atoms with Gasteiger partial charge in [0.15, 0.2) is 5.78 Å². The normalized spacial score (nSPS) is 17.5. The number of ketones is 1. The average molecular weight is 292 g/mol. The number of hydrogen-bond donors (Lipinski definition) is 1. The number of hydrogen-bond acceptors (Lipinski definition) is 4. The lowest BCUT2D eigenvalue weighted by molar-refractivity contribution is -0.114. The van der Waals surface area contributed by atoms with Crippen LogP contribution in [0.25, 0.3) is 0 Å². The third kappa shape index (κ3) is 3.84. The molecule has 0 aliphatic carbocycles. The lowest BCUT2D eigenvalue weighted by Gasteiger charge is -2.31. The minimum Gasteiger partial charge on any atom is -0.326 e. The van der Waals surface area contributed by atoms with Crippen molar-refractivity contribution in [3.63, 3.8) is 0 Å². The molecule has 1 unspecified atom stereocenters. The number of carbonyl (C=O) groups excluding carboxylic acids is 2. The molecule has 1 aliphatic heterocycles. The largest absolute Gasteiger partial charge is 0.326 e. The topological polar surface area (TPSA) is 49.4 Å². The van der Waals surface area contributed by atoms with Crippen LogP contribution in [-0.2, 0) is 4.79 Å². The molecule has 0 radical (unpaired) electrons. The fourth-order valence-corrected chi connectivity index (χ4v) is 3.26. The summed E-state index contributed by atoms with van der Waals surface area (Å²) in [5, 5.41) is 2.71. The summed E-state index contributed by atoms with van der Waals surface area (Å²) in [4.78, 5) is 25.8. The predicted molar refractivity (Wildman–Crippen MR) is 83.4 cm³/mol. The Labute approximate surface area is 123 Å². The highest BCUT2D eigenvalue weighted by molar-refractivity contribution is 7.99. The van der Waals surface area contributed by atoms with E-state index >= 15 is 0 Å². The fourth-order valence-electron chi connectivity index (χ4n) is 2.33. The van der Waals surface area contributed by atoms with Crippen molar-refractivity contribution in [1.82, 2.24) is 4.90 Å². The minimum atomic E-state index is -0.129. The molecule has 1 aromatic carbocycles. The van der Waals surface area contributed by atoms with E-state index in [-0.39, 0.29) is 17.7 Å². The van der Waals surface area contributed by atoms with Gasteiger partial charge in [-0.3, -0.25) is 14.5 Å². The van der Waals surface area contributed by atoms with Gasteiger partial charge in [0.2, 0.25) is 5.91 Å². The van der Waals surface area contributed by atoms with Crippen LogP contribution in [0.1, 0.15) is 24.2 Å². The Morgan fingerprint density at radius 3 is 2.65 bits per heavy atom. The van der Waals surface area contributed by atoms with Gasteiger partial charge in [-0.15, -0.1) is 0 Å². The highest BCUT2D eigenvalue weighted by atomic mass is 32.2. The van der Waals surface area contributed by atoms with E-state index in [0.29, 0.717) is 11.3 Å². The lowest BCUT2D eigenvalue weighted by atomic mass is 10.0. The number of Topliss-reactive ketones (excluding diaryl/α,β-unsaturated/α-hetero) is 1. The molecule has 1 saturated heterocycles. The molecule has 1 N–H and O–H groups in total. The van der Waals surface area contributed by atoms with Crippen molar-refractivity contribution in [2.45, 2.75) is 19.9 Å². The fraction of sp³-hybridized carbons (Fsp3) is 0.467. The lowest BCUT2D eigenvalue weighted by Crippen LogP contribution is -2.43. The zero-order chi connectivity index (χ0) is 14.5. The summed E-state index contributed by atoms with van der Waals surface area (Å²) in [7, 11) is 0. The van der Waals surface area contributed by atoms with E-state index in [1.807, 2.05) is 24.8 Å². The van der Waals surface area contributed by atoms with Crippen molar-refractivity contribution in [2.24, 2.45) is 0 Å². The molecule has 20 heavy (non-hydrogen) atoms. The van der Waals surface area contributed by atoms with Crippen LogP contribution in [0.3, 0.4) is 0 Å². The number of thioether (sulfide) groups is 1. The van der Waals surface area contributed by atoms with E-state index in [1.165, 1.54) is 6.92 Å². The molecule has 1 atom stereocenters. The highest BCUT2D eigenvalue weighted by Gasteiger charge is 2.24. The van der Waals surface area contributed by atoms with Crippen LogP contribution in [0.15, 0.2) is 24.3 Å². The molecule has 108 valence electrons. The summed E-state index contributed by atoms with van der Waals surface area (Å²) in [6.45, 7) is 5.35. The van der Waals surface area contributed by atoms with Gasteiger partial charge in [0.1, 0.15) is 0 Å². The molecule has 5 heteroatoms. The number of carbonyl (C=O) groups is 2. The van der Waals surface area contributed by atoms with Gasteiger partial charge in [-0.1, -0.05) is 12.1 Å². The Hall–Kier alpha value is -1.33. The highest BCUT2D eigenvalue weighted by Crippen LogP contribution is 2.17. The van der Waals surface area contributed by atoms with Crippen LogP contribution in [0.4, 0.5) is 5.69 Å².